The van der Waals surface area contributed by atoms with Crippen molar-refractivity contribution in [2.24, 2.45) is 0 Å². The Balaban J connectivity index is 1.96. The molecule has 33 heavy (non-hydrogen) atoms. The van der Waals surface area contributed by atoms with Gasteiger partial charge in [-0.3, -0.25) is 10.1 Å². The van der Waals surface area contributed by atoms with Gasteiger partial charge in [0.25, 0.3) is 5.91 Å². The number of likely N-dealkylation sites (N-methyl/N-ethyl adjacent to an activating group) is 1. The van der Waals surface area contributed by atoms with Gasteiger partial charge in [-0.05, 0) is 36.6 Å². The standard InChI is InChI=1S/C26H37N5O2/c1-5-9-19-10-8-11-20(16-19)17-21-18-22(23(6-2)28-24(21)29-26(33)27-4)25(32)31-14-12-30(7-3)13-15-31/h8,10-11,16,18H,5-7,9,12-15,17H2,1-4H3,(H2,27,28,29,33). The van der Waals surface area contributed by atoms with E-state index in [-0.39, 0.29) is 11.9 Å². The summed E-state index contributed by atoms with van der Waals surface area (Å²) in [5, 5.41) is 5.46. The minimum Gasteiger partial charge on any atom is -0.341 e. The van der Waals surface area contributed by atoms with Crippen LogP contribution in [0.2, 0.25) is 0 Å². The number of urea groups is 1. The normalized spacial score (nSPS) is 14.2. The first-order valence-electron chi connectivity index (χ1n) is 12.1. The molecule has 2 aromatic rings. The molecule has 1 aromatic heterocycles. The lowest BCUT2D eigenvalue weighted by Gasteiger charge is -2.34. The van der Waals surface area contributed by atoms with Gasteiger partial charge in [-0.15, -0.1) is 0 Å². The van der Waals surface area contributed by atoms with Crippen molar-refractivity contribution in [1.82, 2.24) is 20.1 Å². The van der Waals surface area contributed by atoms with E-state index in [2.05, 4.69) is 53.6 Å². The second-order valence-corrected chi connectivity index (χ2v) is 8.52. The van der Waals surface area contributed by atoms with Gasteiger partial charge in [0.1, 0.15) is 5.82 Å². The summed E-state index contributed by atoms with van der Waals surface area (Å²) in [5.74, 6) is 0.544. The van der Waals surface area contributed by atoms with E-state index in [1.807, 2.05) is 17.9 Å². The third kappa shape index (κ3) is 6.32. The Kier molecular flexibility index (Phi) is 8.83. The van der Waals surface area contributed by atoms with Crippen molar-refractivity contribution >= 4 is 17.8 Å². The molecular formula is C26H37N5O2. The van der Waals surface area contributed by atoms with E-state index in [4.69, 9.17) is 4.98 Å². The molecule has 3 rings (SSSR count). The summed E-state index contributed by atoms with van der Waals surface area (Å²) in [6, 6.07) is 10.1. The molecule has 2 heterocycles. The first kappa shape index (κ1) is 24.7. The summed E-state index contributed by atoms with van der Waals surface area (Å²) < 4.78 is 0. The molecule has 1 aromatic carbocycles. The fraction of sp³-hybridized carbons (Fsp3) is 0.500. The molecule has 0 spiro atoms. The molecule has 0 aliphatic carbocycles. The van der Waals surface area contributed by atoms with E-state index in [9.17, 15) is 9.59 Å². The van der Waals surface area contributed by atoms with Crippen LogP contribution in [0.25, 0.3) is 0 Å². The summed E-state index contributed by atoms with van der Waals surface area (Å²) >= 11 is 0. The number of anilines is 1. The maximum Gasteiger partial charge on any atom is 0.320 e. The lowest BCUT2D eigenvalue weighted by molar-refractivity contribution is 0.0641. The minimum absolute atomic E-state index is 0.0302. The molecule has 0 atom stereocenters. The van der Waals surface area contributed by atoms with Crippen LogP contribution < -0.4 is 10.6 Å². The molecule has 0 radical (unpaired) electrons. The predicted molar refractivity (Wildman–Crippen MR) is 133 cm³/mol. The number of piperazine rings is 1. The molecule has 1 fully saturated rings. The molecule has 2 N–H and O–H groups in total. The third-order valence-electron chi connectivity index (χ3n) is 6.24. The van der Waals surface area contributed by atoms with Crippen LogP contribution in [0.4, 0.5) is 10.6 Å². The summed E-state index contributed by atoms with van der Waals surface area (Å²) in [5.41, 5.74) is 4.64. The number of hydrogen-bond acceptors (Lipinski definition) is 4. The Morgan fingerprint density at radius 1 is 1.03 bits per heavy atom. The number of nitrogens with one attached hydrogen (secondary N) is 2. The Labute approximate surface area is 197 Å². The Morgan fingerprint density at radius 2 is 1.76 bits per heavy atom. The third-order valence-corrected chi connectivity index (χ3v) is 6.24. The van der Waals surface area contributed by atoms with Gasteiger partial charge in [0.2, 0.25) is 0 Å². The molecule has 7 heteroatoms. The average Bonchev–Trinajstić information content (AvgIpc) is 2.84. The van der Waals surface area contributed by atoms with Crippen molar-refractivity contribution < 1.29 is 9.59 Å². The highest BCUT2D eigenvalue weighted by Gasteiger charge is 2.25. The van der Waals surface area contributed by atoms with Gasteiger partial charge in [0, 0.05) is 45.2 Å². The molecule has 1 aliphatic rings. The minimum atomic E-state index is -0.319. The number of pyridine rings is 1. The number of benzene rings is 1. The predicted octanol–water partition coefficient (Wildman–Crippen LogP) is 3.72. The van der Waals surface area contributed by atoms with Gasteiger partial charge in [-0.2, -0.15) is 0 Å². The van der Waals surface area contributed by atoms with Crippen molar-refractivity contribution in [2.45, 2.75) is 46.5 Å². The summed E-state index contributed by atoms with van der Waals surface area (Å²) in [4.78, 5) is 34.6. The number of aromatic nitrogens is 1. The zero-order valence-corrected chi connectivity index (χ0v) is 20.4. The van der Waals surface area contributed by atoms with Crippen LogP contribution in [0, 0.1) is 0 Å². The number of carbonyl (C=O) groups is 2. The van der Waals surface area contributed by atoms with E-state index in [0.717, 1.165) is 56.7 Å². The van der Waals surface area contributed by atoms with Crippen molar-refractivity contribution in [3.05, 3.63) is 58.3 Å². The van der Waals surface area contributed by atoms with E-state index < -0.39 is 0 Å². The van der Waals surface area contributed by atoms with E-state index >= 15 is 0 Å². The highest BCUT2D eigenvalue weighted by Crippen LogP contribution is 2.24. The van der Waals surface area contributed by atoms with Gasteiger partial charge < -0.3 is 15.1 Å². The van der Waals surface area contributed by atoms with Crippen molar-refractivity contribution in [3.63, 3.8) is 0 Å². The van der Waals surface area contributed by atoms with Crippen LogP contribution in [0.15, 0.2) is 30.3 Å². The van der Waals surface area contributed by atoms with E-state index in [1.54, 1.807) is 7.05 Å². The number of aryl methyl sites for hydroxylation is 2. The summed E-state index contributed by atoms with van der Waals surface area (Å²) in [6.07, 6.45) is 3.32. The Bertz CT molecular complexity index is 967. The van der Waals surface area contributed by atoms with Crippen molar-refractivity contribution in [2.75, 3.05) is 45.1 Å². The highest BCUT2D eigenvalue weighted by atomic mass is 16.2. The number of amides is 3. The number of rotatable bonds is 8. The second-order valence-electron chi connectivity index (χ2n) is 8.52. The molecule has 178 valence electrons. The van der Waals surface area contributed by atoms with E-state index in [1.165, 1.54) is 5.56 Å². The zero-order valence-electron chi connectivity index (χ0n) is 20.4. The van der Waals surface area contributed by atoms with Gasteiger partial charge in [-0.25, -0.2) is 9.78 Å². The number of hydrogen-bond donors (Lipinski definition) is 2. The molecule has 0 unspecified atom stereocenters. The van der Waals surface area contributed by atoms with Crippen molar-refractivity contribution in [1.29, 1.82) is 0 Å². The summed E-state index contributed by atoms with van der Waals surface area (Å²) in [6.45, 7) is 10.6. The van der Waals surface area contributed by atoms with Crippen LogP contribution in [0.1, 0.15) is 59.9 Å². The number of carbonyl (C=O) groups excluding carboxylic acids is 2. The largest absolute Gasteiger partial charge is 0.341 e. The summed E-state index contributed by atoms with van der Waals surface area (Å²) in [7, 11) is 1.58. The van der Waals surface area contributed by atoms with Crippen LogP contribution in [0.3, 0.4) is 0 Å². The Morgan fingerprint density at radius 3 is 2.39 bits per heavy atom. The maximum absolute atomic E-state index is 13.5. The van der Waals surface area contributed by atoms with Crippen LogP contribution in [-0.2, 0) is 19.3 Å². The molecule has 0 saturated carbocycles. The quantitative estimate of drug-likeness (QED) is 0.641. The topological polar surface area (TPSA) is 77.6 Å². The van der Waals surface area contributed by atoms with Crippen LogP contribution in [-0.4, -0.2) is 66.5 Å². The maximum atomic E-state index is 13.5. The fourth-order valence-corrected chi connectivity index (χ4v) is 4.30. The smallest absolute Gasteiger partial charge is 0.320 e. The van der Waals surface area contributed by atoms with Crippen LogP contribution >= 0.6 is 0 Å². The molecule has 3 amide bonds. The van der Waals surface area contributed by atoms with E-state index in [0.29, 0.717) is 29.9 Å². The fourth-order valence-electron chi connectivity index (χ4n) is 4.30. The zero-order chi connectivity index (χ0) is 23.8. The number of nitrogens with zero attached hydrogens (tertiary/aromatic N) is 3. The molecule has 0 bridgehead atoms. The van der Waals surface area contributed by atoms with Gasteiger partial charge in [0.15, 0.2) is 0 Å². The lowest BCUT2D eigenvalue weighted by Crippen LogP contribution is -2.48. The second kappa shape index (κ2) is 11.8. The molecule has 1 saturated heterocycles. The monoisotopic (exact) mass is 451 g/mol. The molecule has 7 nitrogen and oxygen atoms in total. The molecular weight excluding hydrogens is 414 g/mol. The first-order chi connectivity index (χ1) is 16.0. The Hall–Kier alpha value is -2.93. The first-order valence-corrected chi connectivity index (χ1v) is 12.1. The average molecular weight is 452 g/mol. The lowest BCUT2D eigenvalue weighted by atomic mass is 9.98. The van der Waals surface area contributed by atoms with Gasteiger partial charge in [0.05, 0.1) is 11.3 Å². The van der Waals surface area contributed by atoms with Gasteiger partial charge in [-0.1, -0.05) is 51.5 Å². The SMILES string of the molecule is CCCc1cccc(Cc2cc(C(=O)N3CCN(CC)CC3)c(CC)nc2NC(=O)NC)c1. The van der Waals surface area contributed by atoms with Crippen LogP contribution in [0.5, 0.6) is 0 Å². The highest BCUT2D eigenvalue weighted by molar-refractivity contribution is 5.97. The van der Waals surface area contributed by atoms with Crippen molar-refractivity contribution in [3.8, 4) is 0 Å². The molecule has 1 aliphatic heterocycles. The van der Waals surface area contributed by atoms with Gasteiger partial charge >= 0.3 is 6.03 Å².